The zero-order valence-electron chi connectivity index (χ0n) is 20.4. The Morgan fingerprint density at radius 2 is 1.74 bits per heavy atom. The van der Waals surface area contributed by atoms with E-state index in [-0.39, 0.29) is 18.1 Å². The molecular weight excluding hydrogens is 442 g/mol. The van der Waals surface area contributed by atoms with Crippen LogP contribution in [0.15, 0.2) is 54.7 Å². The molecule has 178 valence electrons. The summed E-state index contributed by atoms with van der Waals surface area (Å²) in [5.41, 5.74) is 7.18. The van der Waals surface area contributed by atoms with Crippen LogP contribution in [0, 0.1) is 13.8 Å². The number of pyridine rings is 1. The zero-order valence-corrected chi connectivity index (χ0v) is 21.2. The average molecular weight is 476 g/mol. The lowest BCUT2D eigenvalue weighted by atomic mass is 9.96. The SMILES string of the molecule is Cc1cc([C@@H]2[C@@H](c3ccccn3)NC(=S)N2C(C)C)c(C)n1-c1ccc(N2CCOCC2)cc1. The summed E-state index contributed by atoms with van der Waals surface area (Å²) in [6.45, 7) is 12.3. The Balaban J connectivity index is 1.52. The number of aryl methyl sites for hydroxylation is 1. The van der Waals surface area contributed by atoms with Crippen LogP contribution in [0.1, 0.15) is 48.6 Å². The van der Waals surface area contributed by atoms with Gasteiger partial charge in [-0.1, -0.05) is 6.07 Å². The maximum absolute atomic E-state index is 5.79. The van der Waals surface area contributed by atoms with Gasteiger partial charge in [-0.2, -0.15) is 0 Å². The molecule has 2 aliphatic rings. The molecule has 2 aromatic heterocycles. The van der Waals surface area contributed by atoms with Crippen molar-refractivity contribution >= 4 is 23.0 Å². The predicted octanol–water partition coefficient (Wildman–Crippen LogP) is 4.71. The first-order valence-corrected chi connectivity index (χ1v) is 12.5. The van der Waals surface area contributed by atoms with E-state index in [4.69, 9.17) is 17.0 Å². The molecule has 34 heavy (non-hydrogen) atoms. The maximum atomic E-state index is 5.79. The van der Waals surface area contributed by atoms with E-state index in [9.17, 15) is 0 Å². The second-order valence-corrected chi connectivity index (χ2v) is 9.79. The summed E-state index contributed by atoms with van der Waals surface area (Å²) in [6, 6.07) is 17.7. The molecule has 0 unspecified atom stereocenters. The summed E-state index contributed by atoms with van der Waals surface area (Å²) in [6.07, 6.45) is 1.86. The highest BCUT2D eigenvalue weighted by atomic mass is 32.1. The van der Waals surface area contributed by atoms with Crippen molar-refractivity contribution in [2.75, 3.05) is 31.2 Å². The molecule has 6 nitrogen and oxygen atoms in total. The number of aromatic nitrogens is 2. The zero-order chi connectivity index (χ0) is 23.8. The number of morpholine rings is 1. The molecule has 5 rings (SSSR count). The minimum absolute atomic E-state index is 0.00810. The van der Waals surface area contributed by atoms with Gasteiger partial charge < -0.3 is 24.4 Å². The van der Waals surface area contributed by atoms with Crippen LogP contribution in [0.4, 0.5) is 5.69 Å². The van der Waals surface area contributed by atoms with Crippen LogP contribution in [0.5, 0.6) is 0 Å². The van der Waals surface area contributed by atoms with E-state index in [0.29, 0.717) is 0 Å². The summed E-state index contributed by atoms with van der Waals surface area (Å²) < 4.78 is 7.86. The molecule has 4 heterocycles. The van der Waals surface area contributed by atoms with Crippen molar-refractivity contribution in [2.45, 2.75) is 45.8 Å². The maximum Gasteiger partial charge on any atom is 0.170 e. The average Bonchev–Trinajstić information content (AvgIpc) is 3.35. The largest absolute Gasteiger partial charge is 0.378 e. The van der Waals surface area contributed by atoms with Gasteiger partial charge in [-0.25, -0.2) is 0 Å². The summed E-state index contributed by atoms with van der Waals surface area (Å²) >= 11 is 5.79. The van der Waals surface area contributed by atoms with Gasteiger partial charge in [0, 0.05) is 48.1 Å². The topological polar surface area (TPSA) is 45.6 Å². The van der Waals surface area contributed by atoms with E-state index in [1.54, 1.807) is 0 Å². The molecule has 7 heteroatoms. The van der Waals surface area contributed by atoms with E-state index in [1.807, 2.05) is 18.3 Å². The Labute approximate surface area is 207 Å². The molecule has 0 amide bonds. The van der Waals surface area contributed by atoms with E-state index in [1.165, 1.54) is 28.3 Å². The van der Waals surface area contributed by atoms with Gasteiger partial charge in [-0.15, -0.1) is 0 Å². The fourth-order valence-corrected chi connectivity index (χ4v) is 5.82. The molecule has 0 bridgehead atoms. The Hall–Kier alpha value is -2.90. The summed E-state index contributed by atoms with van der Waals surface area (Å²) in [5, 5.41) is 4.35. The van der Waals surface area contributed by atoms with E-state index in [0.717, 1.165) is 37.1 Å². The van der Waals surface area contributed by atoms with Crippen LogP contribution < -0.4 is 10.2 Å². The molecular formula is C27H33N5OS. The van der Waals surface area contributed by atoms with Crippen LogP contribution in [-0.2, 0) is 4.74 Å². The first kappa shape index (κ1) is 22.9. The van der Waals surface area contributed by atoms with Gasteiger partial charge in [0.15, 0.2) is 5.11 Å². The molecule has 3 aromatic rings. The lowest BCUT2D eigenvalue weighted by Crippen LogP contribution is -2.36. The van der Waals surface area contributed by atoms with Gasteiger partial charge in [-0.05, 0) is 87.9 Å². The molecule has 0 saturated carbocycles. The minimum Gasteiger partial charge on any atom is -0.378 e. The molecule has 1 aromatic carbocycles. The quantitative estimate of drug-likeness (QED) is 0.540. The number of nitrogens with zero attached hydrogens (tertiary/aromatic N) is 4. The van der Waals surface area contributed by atoms with Crippen LogP contribution in [0.25, 0.3) is 5.69 Å². The van der Waals surface area contributed by atoms with Crippen LogP contribution >= 0.6 is 12.2 Å². The van der Waals surface area contributed by atoms with Crippen molar-refractivity contribution in [3.05, 3.63) is 77.4 Å². The Morgan fingerprint density at radius 1 is 1.03 bits per heavy atom. The van der Waals surface area contributed by atoms with Gasteiger partial charge >= 0.3 is 0 Å². The molecule has 0 radical (unpaired) electrons. The third-order valence-corrected chi connectivity index (χ3v) is 7.29. The van der Waals surface area contributed by atoms with Gasteiger partial charge in [0.1, 0.15) is 0 Å². The van der Waals surface area contributed by atoms with E-state index in [2.05, 4.69) is 88.8 Å². The highest BCUT2D eigenvalue weighted by Crippen LogP contribution is 2.42. The van der Waals surface area contributed by atoms with Crippen molar-refractivity contribution in [3.63, 3.8) is 0 Å². The van der Waals surface area contributed by atoms with Gasteiger partial charge in [0.2, 0.25) is 0 Å². The number of anilines is 1. The summed E-state index contributed by atoms with van der Waals surface area (Å²) in [4.78, 5) is 9.37. The monoisotopic (exact) mass is 475 g/mol. The van der Waals surface area contributed by atoms with Gasteiger partial charge in [-0.3, -0.25) is 4.98 Å². The van der Waals surface area contributed by atoms with Crippen molar-refractivity contribution in [1.82, 2.24) is 19.8 Å². The lowest BCUT2D eigenvalue weighted by molar-refractivity contribution is 0.122. The Morgan fingerprint density at radius 3 is 2.38 bits per heavy atom. The highest BCUT2D eigenvalue weighted by molar-refractivity contribution is 7.80. The first-order valence-electron chi connectivity index (χ1n) is 12.1. The molecule has 2 aliphatic heterocycles. The van der Waals surface area contributed by atoms with Crippen molar-refractivity contribution < 1.29 is 4.74 Å². The molecule has 0 aliphatic carbocycles. The van der Waals surface area contributed by atoms with Crippen LogP contribution in [-0.4, -0.2) is 51.9 Å². The fourth-order valence-electron chi connectivity index (χ4n) is 5.37. The molecule has 0 spiro atoms. The number of ether oxygens (including phenoxy) is 1. The number of rotatable bonds is 5. The molecule has 2 atom stereocenters. The van der Waals surface area contributed by atoms with Crippen molar-refractivity contribution in [2.24, 2.45) is 0 Å². The highest BCUT2D eigenvalue weighted by Gasteiger charge is 2.42. The smallest absolute Gasteiger partial charge is 0.170 e. The van der Waals surface area contributed by atoms with Crippen molar-refractivity contribution in [1.29, 1.82) is 0 Å². The van der Waals surface area contributed by atoms with Crippen LogP contribution in [0.3, 0.4) is 0 Å². The van der Waals surface area contributed by atoms with E-state index >= 15 is 0 Å². The standard InChI is InChI=1S/C27H33N5OS/c1-18(2)31-26(25(29-27(31)34)24-7-5-6-12-28-24)23-17-19(3)32(20(23)4)22-10-8-21(9-11-22)30-13-15-33-16-14-30/h5-12,17-18,25-26H,13-16H2,1-4H3,(H,29,34)/t25-,26-/m1/s1. The lowest BCUT2D eigenvalue weighted by Gasteiger charge is -2.31. The number of nitrogens with one attached hydrogen (secondary N) is 1. The minimum atomic E-state index is 0.00810. The molecule has 2 fully saturated rings. The summed E-state index contributed by atoms with van der Waals surface area (Å²) in [7, 11) is 0. The number of hydrogen-bond acceptors (Lipinski definition) is 4. The third kappa shape index (κ3) is 4.07. The third-order valence-electron chi connectivity index (χ3n) is 6.96. The van der Waals surface area contributed by atoms with Gasteiger partial charge in [0.05, 0.1) is 31.0 Å². The number of benzene rings is 1. The molecule has 1 N–H and O–H groups in total. The number of hydrogen-bond donors (Lipinski definition) is 1. The fraction of sp³-hybridized carbons (Fsp3) is 0.407. The van der Waals surface area contributed by atoms with Crippen LogP contribution in [0.2, 0.25) is 0 Å². The van der Waals surface area contributed by atoms with E-state index < -0.39 is 0 Å². The molecule has 2 saturated heterocycles. The van der Waals surface area contributed by atoms with Crippen molar-refractivity contribution in [3.8, 4) is 5.69 Å². The van der Waals surface area contributed by atoms with Gasteiger partial charge in [0.25, 0.3) is 0 Å². The first-order chi connectivity index (χ1) is 16.5. The number of thiocarbonyl (C=S) groups is 1. The second kappa shape index (κ2) is 9.39. The normalized spacial score (nSPS) is 20.8. The Bertz CT molecular complexity index is 1150. The predicted molar refractivity (Wildman–Crippen MR) is 141 cm³/mol. The second-order valence-electron chi connectivity index (χ2n) is 9.41. The Kier molecular flexibility index (Phi) is 6.32. The summed E-state index contributed by atoms with van der Waals surface area (Å²) in [5.74, 6) is 0.